The number of nitrogens with two attached hydrogens (primary N) is 2. The quantitative estimate of drug-likeness (QED) is 0.519. The first-order valence-corrected chi connectivity index (χ1v) is 10.1. The van der Waals surface area contributed by atoms with Crippen molar-refractivity contribution in [3.63, 3.8) is 0 Å². The van der Waals surface area contributed by atoms with Crippen molar-refractivity contribution in [2.24, 2.45) is 16.6 Å². The van der Waals surface area contributed by atoms with Gasteiger partial charge in [0.2, 0.25) is 5.95 Å². The van der Waals surface area contributed by atoms with Crippen LogP contribution in [0.2, 0.25) is 0 Å². The summed E-state index contributed by atoms with van der Waals surface area (Å²) in [5.41, 5.74) is 15.9. The van der Waals surface area contributed by atoms with Crippen molar-refractivity contribution in [3.8, 4) is 0 Å². The molecule has 29 heavy (non-hydrogen) atoms. The third-order valence-corrected chi connectivity index (χ3v) is 5.96. The summed E-state index contributed by atoms with van der Waals surface area (Å²) in [7, 11) is 0. The Bertz CT molecular complexity index is 1110. The second kappa shape index (κ2) is 6.92. The van der Waals surface area contributed by atoms with Crippen LogP contribution in [0.4, 0.5) is 5.95 Å². The lowest BCUT2D eigenvalue weighted by Gasteiger charge is -2.35. The van der Waals surface area contributed by atoms with Gasteiger partial charge in [-0.1, -0.05) is 31.0 Å². The van der Waals surface area contributed by atoms with Crippen LogP contribution in [-0.2, 0) is 6.42 Å². The van der Waals surface area contributed by atoms with E-state index in [0.717, 1.165) is 36.0 Å². The second-order valence-corrected chi connectivity index (χ2v) is 8.04. The fraction of sp³-hybridized carbons (Fsp3) is 0.318. The summed E-state index contributed by atoms with van der Waals surface area (Å²) in [6, 6.07) is 10.3. The van der Waals surface area contributed by atoms with E-state index in [0.29, 0.717) is 11.9 Å². The number of guanidine groups is 1. The molecule has 0 amide bonds. The molecule has 148 valence electrons. The zero-order chi connectivity index (χ0) is 19.8. The summed E-state index contributed by atoms with van der Waals surface area (Å²) in [6.45, 7) is 0. The number of nitrogens with one attached hydrogen (secondary N) is 2. The number of hydrogen-bond donors (Lipinski definition) is 4. The predicted octanol–water partition coefficient (Wildman–Crippen LogP) is 2.97. The molecule has 5 rings (SSSR count). The summed E-state index contributed by atoms with van der Waals surface area (Å²) >= 11 is 0. The minimum atomic E-state index is -0.421. The number of rotatable bonds is 6. The number of hydrogen-bond acceptors (Lipinski definition) is 6. The molecule has 0 saturated heterocycles. The topological polar surface area (TPSA) is 118 Å². The first kappa shape index (κ1) is 17.7. The van der Waals surface area contributed by atoms with E-state index in [-0.39, 0.29) is 5.95 Å². The van der Waals surface area contributed by atoms with Gasteiger partial charge in [0.25, 0.3) is 0 Å². The lowest BCUT2D eigenvalue weighted by atomic mass is 9.78. The summed E-state index contributed by atoms with van der Waals surface area (Å²) in [5, 5.41) is 4.34. The van der Waals surface area contributed by atoms with Gasteiger partial charge in [0.05, 0.1) is 11.2 Å². The van der Waals surface area contributed by atoms with Crippen LogP contribution in [0.15, 0.2) is 53.9 Å². The van der Waals surface area contributed by atoms with Gasteiger partial charge in [-0.05, 0) is 42.9 Å². The molecule has 0 spiro atoms. The van der Waals surface area contributed by atoms with Crippen LogP contribution in [-0.4, -0.2) is 26.5 Å². The molecule has 7 nitrogen and oxygen atoms in total. The first-order chi connectivity index (χ1) is 14.1. The third-order valence-electron chi connectivity index (χ3n) is 5.96. The predicted molar refractivity (Wildman–Crippen MR) is 116 cm³/mol. The largest absolute Gasteiger partial charge is 0.370 e. The van der Waals surface area contributed by atoms with Gasteiger partial charge >= 0.3 is 0 Å². The summed E-state index contributed by atoms with van der Waals surface area (Å²) < 4.78 is 0. The first-order valence-electron chi connectivity index (χ1n) is 10.1. The Morgan fingerprint density at radius 3 is 2.83 bits per heavy atom. The van der Waals surface area contributed by atoms with E-state index in [1.54, 1.807) is 6.20 Å². The molecule has 7 heteroatoms. The van der Waals surface area contributed by atoms with Gasteiger partial charge in [-0.2, -0.15) is 0 Å². The van der Waals surface area contributed by atoms with Crippen molar-refractivity contribution in [3.05, 3.63) is 60.2 Å². The SMILES string of the molecule is NC1=NC(CCc2c[nH]c3ccccc23)(CC2CC2)C(c2ccnc(N)n2)=CN1. The molecule has 3 aromatic rings. The molecule has 2 aliphatic rings. The van der Waals surface area contributed by atoms with Crippen molar-refractivity contribution in [2.45, 2.75) is 37.6 Å². The number of aryl methyl sites for hydroxylation is 1. The van der Waals surface area contributed by atoms with E-state index in [4.69, 9.17) is 16.5 Å². The monoisotopic (exact) mass is 387 g/mol. The smallest absolute Gasteiger partial charge is 0.220 e. The lowest BCUT2D eigenvalue weighted by molar-refractivity contribution is 0.436. The van der Waals surface area contributed by atoms with Crippen molar-refractivity contribution >= 4 is 28.4 Å². The minimum Gasteiger partial charge on any atom is -0.370 e. The van der Waals surface area contributed by atoms with Crippen LogP contribution in [0.3, 0.4) is 0 Å². The van der Waals surface area contributed by atoms with E-state index in [1.165, 1.54) is 23.8 Å². The van der Waals surface area contributed by atoms with Gasteiger partial charge < -0.3 is 21.8 Å². The Morgan fingerprint density at radius 1 is 1.14 bits per heavy atom. The fourth-order valence-electron chi connectivity index (χ4n) is 4.37. The van der Waals surface area contributed by atoms with Crippen LogP contribution >= 0.6 is 0 Å². The van der Waals surface area contributed by atoms with Crippen LogP contribution in [0.1, 0.15) is 36.9 Å². The van der Waals surface area contributed by atoms with Crippen molar-refractivity contribution in [1.29, 1.82) is 0 Å². The highest BCUT2D eigenvalue weighted by atomic mass is 15.1. The van der Waals surface area contributed by atoms with Gasteiger partial charge in [-0.15, -0.1) is 0 Å². The molecule has 0 bridgehead atoms. The molecule has 1 aromatic carbocycles. The van der Waals surface area contributed by atoms with E-state index in [2.05, 4.69) is 50.7 Å². The maximum Gasteiger partial charge on any atom is 0.220 e. The molecule has 1 unspecified atom stereocenters. The normalized spacial score (nSPS) is 21.5. The maximum absolute atomic E-state index is 6.15. The van der Waals surface area contributed by atoms with Gasteiger partial charge in [0.1, 0.15) is 0 Å². The number of aliphatic imine (C=N–C) groups is 1. The molecular formula is C22H25N7. The van der Waals surface area contributed by atoms with Crippen molar-refractivity contribution < 1.29 is 0 Å². The number of para-hydroxylation sites is 1. The Balaban J connectivity index is 1.52. The Hall–Kier alpha value is -3.35. The van der Waals surface area contributed by atoms with Crippen LogP contribution in [0, 0.1) is 5.92 Å². The van der Waals surface area contributed by atoms with E-state index in [9.17, 15) is 0 Å². The highest BCUT2D eigenvalue weighted by Gasteiger charge is 2.42. The molecule has 2 aromatic heterocycles. The second-order valence-electron chi connectivity index (χ2n) is 8.04. The average molecular weight is 387 g/mol. The fourth-order valence-corrected chi connectivity index (χ4v) is 4.37. The molecule has 1 saturated carbocycles. The molecule has 3 heterocycles. The average Bonchev–Trinajstić information content (AvgIpc) is 3.43. The van der Waals surface area contributed by atoms with E-state index in [1.807, 2.05) is 12.3 Å². The van der Waals surface area contributed by atoms with Gasteiger partial charge in [-0.3, -0.25) is 0 Å². The highest BCUT2D eigenvalue weighted by Crippen LogP contribution is 2.46. The number of fused-ring (bicyclic) bond motifs is 1. The number of benzene rings is 1. The molecule has 1 atom stereocenters. The van der Waals surface area contributed by atoms with Crippen molar-refractivity contribution in [1.82, 2.24) is 20.3 Å². The van der Waals surface area contributed by atoms with E-state index >= 15 is 0 Å². The van der Waals surface area contributed by atoms with E-state index < -0.39 is 5.54 Å². The number of nitrogens with zero attached hydrogens (tertiary/aromatic N) is 3. The van der Waals surface area contributed by atoms with Gasteiger partial charge in [-0.25, -0.2) is 15.0 Å². The molecule has 1 fully saturated rings. The zero-order valence-electron chi connectivity index (χ0n) is 16.2. The van der Waals surface area contributed by atoms with Gasteiger partial charge in [0, 0.05) is 35.1 Å². The number of aromatic nitrogens is 3. The summed E-state index contributed by atoms with van der Waals surface area (Å²) in [6.07, 6.45) is 11.0. The van der Waals surface area contributed by atoms with Crippen LogP contribution in [0.5, 0.6) is 0 Å². The molecular weight excluding hydrogens is 362 g/mol. The number of aromatic amines is 1. The Labute approximate surface area is 169 Å². The third kappa shape index (κ3) is 3.44. The number of H-pyrrole nitrogens is 1. The Kier molecular flexibility index (Phi) is 4.23. The Morgan fingerprint density at radius 2 is 2.00 bits per heavy atom. The molecule has 0 radical (unpaired) electrons. The standard InChI is InChI=1S/C22H25N7/c23-20-25-10-8-19(28-20)17-13-27-21(24)29-22(17,11-14-5-6-14)9-7-15-12-26-18-4-2-1-3-16(15)18/h1-4,8,10,12-14,26H,5-7,9,11H2,(H2,23,25,28)(H3,24,27,29). The van der Waals surface area contributed by atoms with Gasteiger partial charge in [0.15, 0.2) is 5.96 Å². The summed E-state index contributed by atoms with van der Waals surface area (Å²) in [4.78, 5) is 16.9. The number of anilines is 1. The molecule has 6 N–H and O–H groups in total. The summed E-state index contributed by atoms with van der Waals surface area (Å²) in [5.74, 6) is 1.40. The minimum absolute atomic E-state index is 0.267. The van der Waals surface area contributed by atoms with Crippen LogP contribution < -0.4 is 16.8 Å². The maximum atomic E-state index is 6.15. The molecule has 1 aliphatic heterocycles. The lowest BCUT2D eigenvalue weighted by Crippen LogP contribution is -2.42. The number of nitrogen functional groups attached to an aromatic ring is 1. The highest BCUT2D eigenvalue weighted by molar-refractivity contribution is 5.88. The van der Waals surface area contributed by atoms with Crippen molar-refractivity contribution in [2.75, 3.05) is 5.73 Å². The zero-order valence-corrected chi connectivity index (χ0v) is 16.2. The molecule has 1 aliphatic carbocycles. The van der Waals surface area contributed by atoms with Crippen LogP contribution in [0.25, 0.3) is 16.5 Å².